The van der Waals surface area contributed by atoms with Crippen molar-refractivity contribution in [1.29, 1.82) is 0 Å². The van der Waals surface area contributed by atoms with Crippen LogP contribution < -0.4 is 4.74 Å². The van der Waals surface area contributed by atoms with Crippen molar-refractivity contribution in [3.8, 4) is 18.1 Å². The van der Waals surface area contributed by atoms with E-state index in [0.717, 1.165) is 32.3 Å². The second-order valence-corrected chi connectivity index (χ2v) is 7.28. The third-order valence-electron chi connectivity index (χ3n) is 3.61. The molecule has 6 heteroatoms. The summed E-state index contributed by atoms with van der Waals surface area (Å²) in [5.41, 5.74) is 1.86. The topological polar surface area (TPSA) is 46.6 Å². The van der Waals surface area contributed by atoms with E-state index in [1.165, 1.54) is 0 Å². The number of carbonyl (C=O) groups excluding carboxylic acids is 2. The molecule has 0 aromatic heterocycles. The average Bonchev–Trinajstić information content (AvgIpc) is 2.90. The molecule has 0 spiro atoms. The molecule has 0 bridgehead atoms. The Hall–Kier alpha value is -2.49. The molecule has 0 aliphatic carbocycles. The maximum Gasteiger partial charge on any atom is 0.294 e. The van der Waals surface area contributed by atoms with Crippen LogP contribution >= 0.6 is 27.7 Å². The second-order valence-electron chi connectivity index (χ2n) is 5.44. The average molecular weight is 428 g/mol. The summed E-state index contributed by atoms with van der Waals surface area (Å²) in [6.45, 7) is 0.446. The minimum absolute atomic E-state index is 0.0159. The Kier molecular flexibility index (Phi) is 5.82. The first kappa shape index (κ1) is 18.3. The van der Waals surface area contributed by atoms with Crippen LogP contribution in [0.5, 0.6) is 5.75 Å². The van der Waals surface area contributed by atoms with Crippen molar-refractivity contribution >= 4 is 44.9 Å². The molecule has 2 aromatic rings. The van der Waals surface area contributed by atoms with E-state index in [0.29, 0.717) is 17.3 Å². The smallest absolute Gasteiger partial charge is 0.294 e. The molecule has 1 fully saturated rings. The van der Waals surface area contributed by atoms with E-state index in [2.05, 4.69) is 21.9 Å². The van der Waals surface area contributed by atoms with Gasteiger partial charge in [0.2, 0.25) is 0 Å². The zero-order chi connectivity index (χ0) is 18.5. The van der Waals surface area contributed by atoms with E-state index in [4.69, 9.17) is 11.2 Å². The first-order chi connectivity index (χ1) is 12.6. The number of hydrogen-bond acceptors (Lipinski definition) is 4. The third kappa shape index (κ3) is 4.18. The van der Waals surface area contributed by atoms with Gasteiger partial charge in [-0.2, -0.15) is 0 Å². The molecule has 0 N–H and O–H groups in total. The zero-order valence-electron chi connectivity index (χ0n) is 13.6. The lowest BCUT2D eigenvalue weighted by Crippen LogP contribution is -2.28. The fourth-order valence-corrected chi connectivity index (χ4v) is 3.69. The standard InChI is InChI=1S/C20H14BrNO3S/c1-2-10-22-19(23)18(26-20(22)24)12-15-8-9-17(16(21)11-15)25-13-14-6-4-3-5-7-14/h1,3-9,11-12H,10,13H2. The fourth-order valence-electron chi connectivity index (χ4n) is 2.34. The lowest BCUT2D eigenvalue weighted by molar-refractivity contribution is -0.122. The minimum Gasteiger partial charge on any atom is -0.488 e. The van der Waals surface area contributed by atoms with E-state index in [1.807, 2.05) is 48.5 Å². The predicted octanol–water partition coefficient (Wildman–Crippen LogP) is 4.70. The normalized spacial score (nSPS) is 15.4. The highest BCUT2D eigenvalue weighted by Gasteiger charge is 2.34. The van der Waals surface area contributed by atoms with Gasteiger partial charge in [0.15, 0.2) is 0 Å². The molecule has 3 rings (SSSR count). The fraction of sp³-hybridized carbons (Fsp3) is 0.100. The SMILES string of the molecule is C#CCN1C(=O)SC(=Cc2ccc(OCc3ccccc3)c(Br)c2)C1=O. The number of ether oxygens (including phenoxy) is 1. The third-order valence-corrected chi connectivity index (χ3v) is 5.14. The van der Waals surface area contributed by atoms with Crippen molar-refractivity contribution in [1.82, 2.24) is 4.90 Å². The van der Waals surface area contributed by atoms with Crippen LogP contribution in [0.15, 0.2) is 57.9 Å². The van der Waals surface area contributed by atoms with Crippen LogP contribution in [-0.2, 0) is 11.4 Å². The molecule has 0 radical (unpaired) electrons. The quantitative estimate of drug-likeness (QED) is 0.512. The maximum atomic E-state index is 12.2. The Morgan fingerprint density at radius 3 is 2.65 bits per heavy atom. The summed E-state index contributed by atoms with van der Waals surface area (Å²) in [6.07, 6.45) is 6.87. The van der Waals surface area contributed by atoms with Gasteiger partial charge in [0.1, 0.15) is 12.4 Å². The Morgan fingerprint density at radius 2 is 1.96 bits per heavy atom. The lowest BCUT2D eigenvalue weighted by Gasteiger charge is -2.09. The molecule has 2 amide bonds. The van der Waals surface area contributed by atoms with E-state index < -0.39 is 0 Å². The van der Waals surface area contributed by atoms with Crippen molar-refractivity contribution in [2.45, 2.75) is 6.61 Å². The highest BCUT2D eigenvalue weighted by molar-refractivity contribution is 9.10. The van der Waals surface area contributed by atoms with Crippen LogP contribution in [0.4, 0.5) is 4.79 Å². The van der Waals surface area contributed by atoms with Gasteiger partial charge in [0, 0.05) is 0 Å². The van der Waals surface area contributed by atoms with Crippen LogP contribution in [0, 0.1) is 12.3 Å². The van der Waals surface area contributed by atoms with Crippen molar-refractivity contribution in [3.05, 3.63) is 69.0 Å². The molecular formula is C20H14BrNO3S. The molecule has 0 saturated carbocycles. The molecule has 0 atom stereocenters. The zero-order valence-corrected chi connectivity index (χ0v) is 16.0. The first-order valence-corrected chi connectivity index (χ1v) is 9.34. The summed E-state index contributed by atoms with van der Waals surface area (Å²) in [5.74, 6) is 2.66. The molecule has 130 valence electrons. The maximum absolute atomic E-state index is 12.2. The van der Waals surface area contributed by atoms with Crippen molar-refractivity contribution < 1.29 is 14.3 Å². The first-order valence-electron chi connectivity index (χ1n) is 7.73. The number of halogens is 1. The predicted molar refractivity (Wildman–Crippen MR) is 106 cm³/mol. The molecule has 1 heterocycles. The van der Waals surface area contributed by atoms with Crippen molar-refractivity contribution in [3.63, 3.8) is 0 Å². The number of hydrogen-bond donors (Lipinski definition) is 0. The monoisotopic (exact) mass is 427 g/mol. The molecule has 1 aliphatic heterocycles. The molecule has 4 nitrogen and oxygen atoms in total. The van der Waals surface area contributed by atoms with Gasteiger partial charge in [-0.1, -0.05) is 42.3 Å². The van der Waals surface area contributed by atoms with Gasteiger partial charge >= 0.3 is 0 Å². The highest BCUT2D eigenvalue weighted by atomic mass is 79.9. The largest absolute Gasteiger partial charge is 0.488 e. The number of imide groups is 1. The van der Waals surface area contributed by atoms with Gasteiger partial charge in [-0.25, -0.2) is 0 Å². The summed E-state index contributed by atoms with van der Waals surface area (Å²) < 4.78 is 6.58. The van der Waals surface area contributed by atoms with Crippen LogP contribution in [0.1, 0.15) is 11.1 Å². The summed E-state index contributed by atoms with van der Waals surface area (Å²) >= 11 is 4.37. The number of nitrogens with zero attached hydrogens (tertiary/aromatic N) is 1. The minimum atomic E-state index is -0.363. The van der Waals surface area contributed by atoms with E-state index in [-0.39, 0.29) is 17.7 Å². The van der Waals surface area contributed by atoms with Crippen LogP contribution in [0.2, 0.25) is 0 Å². The number of benzene rings is 2. The molecule has 26 heavy (non-hydrogen) atoms. The highest BCUT2D eigenvalue weighted by Crippen LogP contribution is 2.33. The van der Waals surface area contributed by atoms with Gasteiger partial charge < -0.3 is 4.74 Å². The van der Waals surface area contributed by atoms with Crippen LogP contribution in [-0.4, -0.2) is 22.6 Å². The van der Waals surface area contributed by atoms with Gasteiger partial charge in [-0.05, 0) is 57.0 Å². The number of amides is 2. The van der Waals surface area contributed by atoms with Gasteiger partial charge in [0.25, 0.3) is 11.1 Å². The number of carbonyl (C=O) groups is 2. The van der Waals surface area contributed by atoms with Gasteiger partial charge in [0.05, 0.1) is 15.9 Å². The van der Waals surface area contributed by atoms with E-state index in [1.54, 1.807) is 6.08 Å². The Balaban J connectivity index is 1.73. The Bertz CT molecular complexity index is 918. The number of terminal acetylenes is 1. The number of thioether (sulfide) groups is 1. The lowest BCUT2D eigenvalue weighted by atomic mass is 10.2. The van der Waals surface area contributed by atoms with Crippen LogP contribution in [0.25, 0.3) is 6.08 Å². The van der Waals surface area contributed by atoms with E-state index >= 15 is 0 Å². The van der Waals surface area contributed by atoms with Gasteiger partial charge in [-0.15, -0.1) is 6.42 Å². The Morgan fingerprint density at radius 1 is 1.19 bits per heavy atom. The Labute approximate surface area is 164 Å². The molecular weight excluding hydrogens is 414 g/mol. The summed E-state index contributed by atoms with van der Waals surface area (Å²) in [6, 6.07) is 15.4. The molecule has 1 saturated heterocycles. The van der Waals surface area contributed by atoms with Gasteiger partial charge in [-0.3, -0.25) is 14.5 Å². The summed E-state index contributed by atoms with van der Waals surface area (Å²) in [7, 11) is 0. The molecule has 1 aliphatic rings. The van der Waals surface area contributed by atoms with Crippen molar-refractivity contribution in [2.75, 3.05) is 6.54 Å². The molecule has 2 aromatic carbocycles. The van der Waals surface area contributed by atoms with Crippen LogP contribution in [0.3, 0.4) is 0 Å². The second kappa shape index (κ2) is 8.26. The molecule has 0 unspecified atom stereocenters. The summed E-state index contributed by atoms with van der Waals surface area (Å²) in [5, 5.41) is -0.346. The van der Waals surface area contributed by atoms with Crippen molar-refractivity contribution in [2.24, 2.45) is 0 Å². The van der Waals surface area contributed by atoms with E-state index in [9.17, 15) is 9.59 Å². The number of rotatable bonds is 5. The summed E-state index contributed by atoms with van der Waals surface area (Å²) in [4.78, 5) is 25.4.